The highest BCUT2D eigenvalue weighted by atomic mass is 16.2. The van der Waals surface area contributed by atoms with E-state index >= 15 is 0 Å². The Morgan fingerprint density at radius 1 is 1.17 bits per heavy atom. The van der Waals surface area contributed by atoms with E-state index in [-0.39, 0.29) is 18.0 Å². The Labute approximate surface area is 139 Å². The first-order valence-electron chi connectivity index (χ1n) is 8.39. The van der Waals surface area contributed by atoms with E-state index in [1.807, 2.05) is 5.32 Å². The van der Waals surface area contributed by atoms with Crippen molar-refractivity contribution < 1.29 is 14.9 Å². The van der Waals surface area contributed by atoms with E-state index in [1.54, 1.807) is 6.92 Å². The molecule has 0 spiro atoms. The predicted molar refractivity (Wildman–Crippen MR) is 91.7 cm³/mol. The average molecular weight is 320 g/mol. The summed E-state index contributed by atoms with van der Waals surface area (Å²) in [6, 6.07) is 7.59. The van der Waals surface area contributed by atoms with Crippen LogP contribution in [0.5, 0.6) is 0 Å². The zero-order chi connectivity index (χ0) is 17.4. The lowest BCUT2D eigenvalue weighted by molar-refractivity contribution is -0.719. The number of amides is 3. The fourth-order valence-corrected chi connectivity index (χ4v) is 2.64. The largest absolute Gasteiger partial charge is 0.351 e. The summed E-state index contributed by atoms with van der Waals surface area (Å²) in [6.45, 7) is 8.23. The van der Waals surface area contributed by atoms with E-state index < -0.39 is 6.03 Å². The number of urea groups is 1. The minimum Gasteiger partial charge on any atom is -0.351 e. The van der Waals surface area contributed by atoms with Crippen molar-refractivity contribution in [3.8, 4) is 0 Å². The Balaban J connectivity index is 2.78. The lowest BCUT2D eigenvalue weighted by atomic mass is 9.94. The molecular formula is C18H30N3O2+. The smallest absolute Gasteiger partial charge is 0.319 e. The molecule has 1 aromatic carbocycles. The van der Waals surface area contributed by atoms with Gasteiger partial charge in [-0.3, -0.25) is 10.1 Å². The van der Waals surface area contributed by atoms with E-state index in [9.17, 15) is 9.59 Å². The minimum atomic E-state index is -0.809. The number of imide groups is 1. The summed E-state index contributed by atoms with van der Waals surface area (Å²) in [5, 5.41) is 4.13. The van der Waals surface area contributed by atoms with Gasteiger partial charge >= 0.3 is 6.03 Å². The molecule has 0 bridgehead atoms. The molecule has 128 valence electrons. The van der Waals surface area contributed by atoms with Gasteiger partial charge < -0.3 is 11.1 Å². The first kappa shape index (κ1) is 19.2. The summed E-state index contributed by atoms with van der Waals surface area (Å²) < 4.78 is 0. The van der Waals surface area contributed by atoms with Crippen molar-refractivity contribution in [1.82, 2.24) is 5.32 Å². The number of nitrogens with one attached hydrogen (secondary N) is 1. The Hall–Kier alpha value is -1.88. The maximum atomic E-state index is 11.9. The summed E-state index contributed by atoms with van der Waals surface area (Å²) >= 11 is 0. The van der Waals surface area contributed by atoms with E-state index in [0.29, 0.717) is 5.92 Å². The minimum absolute atomic E-state index is 0.156. The Bertz CT molecular complexity index is 512. The van der Waals surface area contributed by atoms with Crippen molar-refractivity contribution in [2.45, 2.75) is 59.0 Å². The second-order valence-electron chi connectivity index (χ2n) is 6.45. The molecule has 0 radical (unpaired) electrons. The summed E-state index contributed by atoms with van der Waals surface area (Å²) in [4.78, 5) is 22.7. The number of nitrogens with two attached hydrogens (primary N) is 2. The molecule has 0 heterocycles. The number of aryl methyl sites for hydroxylation is 1. The van der Waals surface area contributed by atoms with Crippen LogP contribution in [-0.4, -0.2) is 18.0 Å². The molecule has 0 saturated carbocycles. The van der Waals surface area contributed by atoms with E-state index in [4.69, 9.17) is 5.73 Å². The monoisotopic (exact) mass is 320 g/mol. The van der Waals surface area contributed by atoms with Gasteiger partial charge in [-0.15, -0.1) is 0 Å². The van der Waals surface area contributed by atoms with Gasteiger partial charge in [-0.2, -0.15) is 0 Å². The van der Waals surface area contributed by atoms with Gasteiger partial charge in [-0.1, -0.05) is 51.5 Å². The summed E-state index contributed by atoms with van der Waals surface area (Å²) in [7, 11) is 0. The third kappa shape index (κ3) is 6.40. The van der Waals surface area contributed by atoms with Gasteiger partial charge in [0, 0.05) is 11.5 Å². The number of rotatable bonds is 8. The molecule has 5 N–H and O–H groups in total. The number of hydrogen-bond acceptors (Lipinski definition) is 2. The highest BCUT2D eigenvalue weighted by Crippen LogP contribution is 2.19. The molecule has 0 unspecified atom stereocenters. The van der Waals surface area contributed by atoms with Gasteiger partial charge in [0.2, 0.25) is 0 Å². The van der Waals surface area contributed by atoms with Gasteiger partial charge in [-0.05, 0) is 25.3 Å². The van der Waals surface area contributed by atoms with Crippen LogP contribution in [0.1, 0.15) is 57.7 Å². The SMILES string of the molecule is CCCCc1ccc([C@H]([NH2+][C@@H](C)C(=O)NC(N)=O)C(C)C)cc1. The molecule has 0 aliphatic heterocycles. The van der Waals surface area contributed by atoms with Crippen LogP contribution in [0, 0.1) is 5.92 Å². The Morgan fingerprint density at radius 2 is 1.78 bits per heavy atom. The van der Waals surface area contributed by atoms with Crippen molar-refractivity contribution in [2.75, 3.05) is 0 Å². The average Bonchev–Trinajstić information content (AvgIpc) is 2.50. The summed E-state index contributed by atoms with van der Waals surface area (Å²) in [5.41, 5.74) is 7.54. The topological polar surface area (TPSA) is 88.8 Å². The molecule has 3 amide bonds. The van der Waals surface area contributed by atoms with Gasteiger partial charge in [0.1, 0.15) is 6.04 Å². The lowest BCUT2D eigenvalue weighted by Crippen LogP contribution is -2.93. The van der Waals surface area contributed by atoms with Crippen LogP contribution in [0.2, 0.25) is 0 Å². The van der Waals surface area contributed by atoms with E-state index in [2.05, 4.69) is 50.4 Å². The Kier molecular flexibility index (Phi) is 7.75. The Morgan fingerprint density at radius 3 is 2.26 bits per heavy atom. The van der Waals surface area contributed by atoms with E-state index in [0.717, 1.165) is 6.42 Å². The van der Waals surface area contributed by atoms with Crippen LogP contribution in [0.25, 0.3) is 0 Å². The molecule has 0 fully saturated rings. The molecule has 0 saturated heterocycles. The number of carbonyl (C=O) groups excluding carboxylic acids is 2. The number of unbranched alkanes of at least 4 members (excludes halogenated alkanes) is 1. The standard InChI is InChI=1S/C18H29N3O2/c1-5-6-7-14-8-10-15(11-9-14)16(12(2)3)20-13(4)17(22)21-18(19)23/h8-13,16,20H,5-7H2,1-4H3,(H3,19,21,22,23)/p+1/t13-,16+/m0/s1. The number of quaternary nitrogens is 1. The van der Waals surface area contributed by atoms with Crippen molar-refractivity contribution >= 4 is 11.9 Å². The maximum Gasteiger partial charge on any atom is 0.319 e. The fraction of sp³-hybridized carbons (Fsp3) is 0.556. The first-order chi connectivity index (χ1) is 10.8. The van der Waals surface area contributed by atoms with Crippen LogP contribution >= 0.6 is 0 Å². The van der Waals surface area contributed by atoms with Gasteiger partial charge in [0.25, 0.3) is 5.91 Å². The van der Waals surface area contributed by atoms with Crippen LogP contribution in [0.15, 0.2) is 24.3 Å². The molecule has 1 rings (SSSR count). The third-order valence-corrected chi connectivity index (χ3v) is 4.06. The zero-order valence-electron chi connectivity index (χ0n) is 14.6. The highest BCUT2D eigenvalue weighted by Gasteiger charge is 2.26. The normalized spacial score (nSPS) is 13.6. The molecule has 23 heavy (non-hydrogen) atoms. The molecular weight excluding hydrogens is 290 g/mol. The third-order valence-electron chi connectivity index (χ3n) is 4.06. The van der Waals surface area contributed by atoms with Gasteiger partial charge in [-0.25, -0.2) is 4.79 Å². The van der Waals surface area contributed by atoms with Crippen LogP contribution in [-0.2, 0) is 11.2 Å². The van der Waals surface area contributed by atoms with Crippen molar-refractivity contribution in [3.05, 3.63) is 35.4 Å². The number of carbonyl (C=O) groups is 2. The molecule has 1 aromatic rings. The maximum absolute atomic E-state index is 11.9. The van der Waals surface area contributed by atoms with Gasteiger partial charge in [0.15, 0.2) is 6.04 Å². The van der Waals surface area contributed by atoms with Crippen molar-refractivity contribution in [1.29, 1.82) is 0 Å². The summed E-state index contributed by atoms with van der Waals surface area (Å²) in [5.74, 6) is 0.00281. The quantitative estimate of drug-likeness (QED) is 0.682. The molecule has 5 nitrogen and oxygen atoms in total. The predicted octanol–water partition coefficient (Wildman–Crippen LogP) is 1.87. The van der Waals surface area contributed by atoms with E-state index in [1.165, 1.54) is 24.0 Å². The number of primary amides is 1. The number of benzene rings is 1. The fourth-order valence-electron chi connectivity index (χ4n) is 2.64. The highest BCUT2D eigenvalue weighted by molar-refractivity contribution is 5.95. The summed E-state index contributed by atoms with van der Waals surface area (Å²) in [6.07, 6.45) is 3.49. The van der Waals surface area contributed by atoms with Crippen LogP contribution in [0.4, 0.5) is 4.79 Å². The van der Waals surface area contributed by atoms with Gasteiger partial charge in [0.05, 0.1) is 0 Å². The van der Waals surface area contributed by atoms with Crippen LogP contribution < -0.4 is 16.4 Å². The zero-order valence-corrected chi connectivity index (χ0v) is 14.6. The molecule has 0 aliphatic rings. The lowest BCUT2D eigenvalue weighted by Gasteiger charge is -2.23. The second-order valence-corrected chi connectivity index (χ2v) is 6.45. The number of hydrogen-bond donors (Lipinski definition) is 3. The van der Waals surface area contributed by atoms with Crippen LogP contribution in [0.3, 0.4) is 0 Å². The molecule has 5 heteroatoms. The first-order valence-corrected chi connectivity index (χ1v) is 8.39. The second kappa shape index (κ2) is 9.30. The van der Waals surface area contributed by atoms with Crippen molar-refractivity contribution in [2.24, 2.45) is 11.7 Å². The molecule has 0 aromatic heterocycles. The molecule has 2 atom stereocenters. The van der Waals surface area contributed by atoms with Crippen molar-refractivity contribution in [3.63, 3.8) is 0 Å². The molecule has 0 aliphatic carbocycles.